The molecule has 19 heavy (non-hydrogen) atoms. The maximum atomic E-state index is 11.8. The molecule has 0 saturated carbocycles. The Labute approximate surface area is 116 Å². The first kappa shape index (κ1) is 14.0. The summed E-state index contributed by atoms with van der Waals surface area (Å²) in [5, 5.41) is 0.316. The van der Waals surface area contributed by atoms with Crippen LogP contribution in [0.5, 0.6) is 0 Å². The van der Waals surface area contributed by atoms with Crippen molar-refractivity contribution in [1.82, 2.24) is 0 Å². The van der Waals surface area contributed by atoms with Crippen molar-refractivity contribution in [3.05, 3.63) is 28.8 Å². The lowest BCUT2D eigenvalue weighted by molar-refractivity contribution is -0.114. The van der Waals surface area contributed by atoms with Crippen molar-refractivity contribution in [3.63, 3.8) is 0 Å². The van der Waals surface area contributed by atoms with E-state index in [9.17, 15) is 18.0 Å². The van der Waals surface area contributed by atoms with Crippen molar-refractivity contribution in [1.29, 1.82) is 0 Å². The summed E-state index contributed by atoms with van der Waals surface area (Å²) in [6.45, 7) is 0.161. The standard InChI is InChI=1S/C12H12ClNO4S/c1-19(17,18)7-3-6-14-10-8(11(15)12(14)16)4-2-5-9(10)13/h2,4-5H,3,6-7H2,1H3. The molecule has 102 valence electrons. The van der Waals surface area contributed by atoms with Crippen molar-refractivity contribution in [2.75, 3.05) is 23.5 Å². The molecule has 7 heteroatoms. The quantitative estimate of drug-likeness (QED) is 0.786. The highest BCUT2D eigenvalue weighted by atomic mass is 35.5. The summed E-state index contributed by atoms with van der Waals surface area (Å²) >= 11 is 6.00. The first-order valence-electron chi connectivity index (χ1n) is 5.63. The number of nitrogens with zero attached hydrogens (tertiary/aromatic N) is 1. The molecule has 0 N–H and O–H groups in total. The molecule has 0 saturated heterocycles. The fraction of sp³-hybridized carbons (Fsp3) is 0.333. The molecule has 0 atom stereocenters. The summed E-state index contributed by atoms with van der Waals surface area (Å²) in [6.07, 6.45) is 1.40. The normalized spacial score (nSPS) is 14.9. The van der Waals surface area contributed by atoms with Crippen LogP contribution in [0.1, 0.15) is 16.8 Å². The predicted octanol–water partition coefficient (Wildman–Crippen LogP) is 1.30. The van der Waals surface area contributed by atoms with E-state index in [2.05, 4.69) is 0 Å². The number of carbonyl (C=O) groups is 2. The first-order chi connectivity index (χ1) is 8.81. The smallest absolute Gasteiger partial charge is 0.299 e. The third kappa shape index (κ3) is 2.79. The van der Waals surface area contributed by atoms with Crippen LogP contribution in [0.15, 0.2) is 18.2 Å². The number of rotatable bonds is 4. The summed E-state index contributed by atoms with van der Waals surface area (Å²) in [6, 6.07) is 4.74. The first-order valence-corrected chi connectivity index (χ1v) is 8.07. The number of sulfone groups is 1. The van der Waals surface area contributed by atoms with Crippen LogP contribution in [-0.2, 0) is 14.6 Å². The highest BCUT2D eigenvalue weighted by Crippen LogP contribution is 2.35. The molecule has 2 rings (SSSR count). The van der Waals surface area contributed by atoms with Gasteiger partial charge in [0.2, 0.25) is 0 Å². The van der Waals surface area contributed by atoms with Crippen LogP contribution >= 0.6 is 11.6 Å². The highest BCUT2D eigenvalue weighted by molar-refractivity contribution is 7.90. The fourth-order valence-corrected chi connectivity index (χ4v) is 2.94. The topological polar surface area (TPSA) is 71.5 Å². The molecule has 0 unspecified atom stereocenters. The maximum absolute atomic E-state index is 11.8. The number of anilines is 1. The average molecular weight is 302 g/mol. The highest BCUT2D eigenvalue weighted by Gasteiger charge is 2.36. The van der Waals surface area contributed by atoms with Gasteiger partial charge < -0.3 is 4.90 Å². The largest absolute Gasteiger partial charge is 0.303 e. The third-order valence-corrected chi connectivity index (χ3v) is 4.17. The molecule has 0 radical (unpaired) electrons. The SMILES string of the molecule is CS(=O)(=O)CCCN1C(=O)C(=O)c2cccc(Cl)c21. The molecule has 1 aromatic carbocycles. The van der Waals surface area contributed by atoms with Gasteiger partial charge >= 0.3 is 0 Å². The zero-order valence-electron chi connectivity index (χ0n) is 10.2. The van der Waals surface area contributed by atoms with Crippen LogP contribution in [0.25, 0.3) is 0 Å². The van der Waals surface area contributed by atoms with E-state index in [1.165, 1.54) is 11.0 Å². The number of hydrogen-bond donors (Lipinski definition) is 0. The van der Waals surface area contributed by atoms with E-state index in [-0.39, 0.29) is 24.3 Å². The van der Waals surface area contributed by atoms with Gasteiger partial charge in [0.15, 0.2) is 0 Å². The van der Waals surface area contributed by atoms with E-state index in [0.717, 1.165) is 6.26 Å². The predicted molar refractivity (Wildman–Crippen MR) is 72.5 cm³/mol. The Balaban J connectivity index is 2.24. The van der Waals surface area contributed by atoms with Crippen LogP contribution in [0.3, 0.4) is 0 Å². The van der Waals surface area contributed by atoms with Crippen LogP contribution in [0.2, 0.25) is 5.02 Å². The number of halogens is 1. The maximum Gasteiger partial charge on any atom is 0.299 e. The summed E-state index contributed by atoms with van der Waals surface area (Å²) in [5.74, 6) is -1.29. The van der Waals surface area contributed by atoms with E-state index in [1.807, 2.05) is 0 Å². The summed E-state index contributed by atoms with van der Waals surface area (Å²) < 4.78 is 22.1. The molecule has 1 aliphatic heterocycles. The van der Waals surface area contributed by atoms with Crippen molar-refractivity contribution in [3.8, 4) is 0 Å². The Hall–Kier alpha value is -1.40. The summed E-state index contributed by atoms with van der Waals surface area (Å²) in [7, 11) is -3.09. The molecule has 1 aliphatic rings. The van der Waals surface area contributed by atoms with E-state index in [1.54, 1.807) is 12.1 Å². The number of fused-ring (bicyclic) bond motifs is 1. The van der Waals surface area contributed by atoms with E-state index >= 15 is 0 Å². The number of ketones is 1. The molecule has 0 spiro atoms. The molecule has 0 fully saturated rings. The van der Waals surface area contributed by atoms with Gasteiger partial charge in [-0.15, -0.1) is 0 Å². The molecular weight excluding hydrogens is 290 g/mol. The second-order valence-corrected chi connectivity index (χ2v) is 7.07. The van der Waals surface area contributed by atoms with Crippen molar-refractivity contribution in [2.45, 2.75) is 6.42 Å². The molecular formula is C12H12ClNO4S. The van der Waals surface area contributed by atoms with Gasteiger partial charge in [-0.3, -0.25) is 9.59 Å². The molecule has 5 nitrogen and oxygen atoms in total. The minimum atomic E-state index is -3.09. The Kier molecular flexibility index (Phi) is 3.64. The minimum absolute atomic E-state index is 0.0369. The van der Waals surface area contributed by atoms with Crippen molar-refractivity contribution in [2.24, 2.45) is 0 Å². The van der Waals surface area contributed by atoms with E-state index in [4.69, 9.17) is 11.6 Å². The van der Waals surface area contributed by atoms with Gasteiger partial charge in [0.1, 0.15) is 9.84 Å². The Morgan fingerprint density at radius 2 is 1.95 bits per heavy atom. The number of hydrogen-bond acceptors (Lipinski definition) is 4. The van der Waals surface area contributed by atoms with Gasteiger partial charge in [-0.05, 0) is 18.6 Å². The van der Waals surface area contributed by atoms with E-state index < -0.39 is 21.5 Å². The summed E-state index contributed by atoms with van der Waals surface area (Å²) in [5.41, 5.74) is 0.657. The molecule has 0 bridgehead atoms. The third-order valence-electron chi connectivity index (χ3n) is 2.84. The second kappa shape index (κ2) is 4.94. The van der Waals surface area contributed by atoms with E-state index in [0.29, 0.717) is 10.7 Å². The zero-order valence-corrected chi connectivity index (χ0v) is 11.8. The van der Waals surface area contributed by atoms with Gasteiger partial charge in [-0.25, -0.2) is 8.42 Å². The Morgan fingerprint density at radius 1 is 1.26 bits per heavy atom. The van der Waals surface area contributed by atoms with Crippen LogP contribution in [0.4, 0.5) is 5.69 Å². The van der Waals surface area contributed by atoms with Crippen molar-refractivity contribution >= 4 is 38.8 Å². The van der Waals surface area contributed by atoms with Crippen LogP contribution in [0, 0.1) is 0 Å². The van der Waals surface area contributed by atoms with Gasteiger partial charge in [0.25, 0.3) is 11.7 Å². The van der Waals surface area contributed by atoms with Gasteiger partial charge in [-0.2, -0.15) is 0 Å². The van der Waals surface area contributed by atoms with Crippen LogP contribution < -0.4 is 4.90 Å². The zero-order chi connectivity index (χ0) is 14.2. The molecule has 1 aromatic rings. The van der Waals surface area contributed by atoms with Crippen molar-refractivity contribution < 1.29 is 18.0 Å². The number of amides is 1. The Morgan fingerprint density at radius 3 is 2.58 bits per heavy atom. The lowest BCUT2D eigenvalue weighted by atomic mass is 10.1. The average Bonchev–Trinajstić information content (AvgIpc) is 2.54. The van der Waals surface area contributed by atoms with Crippen LogP contribution in [-0.4, -0.2) is 38.7 Å². The summed E-state index contributed by atoms with van der Waals surface area (Å²) in [4.78, 5) is 24.8. The number of Topliss-reactive ketones (excluding diaryl/α,β-unsaturated/α-hetero) is 1. The van der Waals surface area contributed by atoms with Gasteiger partial charge in [0.05, 0.1) is 22.0 Å². The molecule has 1 amide bonds. The number of para-hydroxylation sites is 1. The minimum Gasteiger partial charge on any atom is -0.303 e. The van der Waals surface area contributed by atoms with Gasteiger partial charge in [0, 0.05) is 12.8 Å². The molecule has 0 aromatic heterocycles. The lowest BCUT2D eigenvalue weighted by Gasteiger charge is -2.17. The monoisotopic (exact) mass is 301 g/mol. The number of benzene rings is 1. The van der Waals surface area contributed by atoms with Gasteiger partial charge in [-0.1, -0.05) is 17.7 Å². The Bertz CT molecular complexity index is 654. The second-order valence-electron chi connectivity index (χ2n) is 4.41. The molecule has 1 heterocycles. The molecule has 0 aliphatic carbocycles. The number of carbonyl (C=O) groups excluding carboxylic acids is 2. The fourth-order valence-electron chi connectivity index (χ4n) is 2.01. The lowest BCUT2D eigenvalue weighted by Crippen LogP contribution is -2.31.